The van der Waals surface area contributed by atoms with Gasteiger partial charge < -0.3 is 9.84 Å². The first-order valence-electron chi connectivity index (χ1n) is 9.43. The second kappa shape index (κ2) is 6.18. The molecule has 2 bridgehead atoms. The van der Waals surface area contributed by atoms with Gasteiger partial charge in [-0.2, -0.15) is 0 Å². The molecule has 4 atom stereocenters. The maximum Gasteiger partial charge on any atom is 0.336 e. The highest BCUT2D eigenvalue weighted by atomic mass is 19.1. The van der Waals surface area contributed by atoms with Gasteiger partial charge in [0.2, 0.25) is 0 Å². The fourth-order valence-electron chi connectivity index (χ4n) is 4.25. The summed E-state index contributed by atoms with van der Waals surface area (Å²) >= 11 is 0. The summed E-state index contributed by atoms with van der Waals surface area (Å²) in [6.45, 7) is 3.83. The average molecular weight is 393 g/mol. The smallest absolute Gasteiger partial charge is 0.336 e. The second-order valence-corrected chi connectivity index (χ2v) is 8.14. The number of fused-ring (bicyclic) bond motifs is 3. The number of hydrogen-bond acceptors (Lipinski definition) is 7. The summed E-state index contributed by atoms with van der Waals surface area (Å²) in [5.41, 5.74) is -0.183. The molecular weight excluding hydrogens is 373 g/mol. The molecule has 0 unspecified atom stereocenters. The molecule has 0 aliphatic carbocycles. The van der Waals surface area contributed by atoms with Crippen LogP contribution in [0.1, 0.15) is 20.3 Å². The zero-order valence-corrected chi connectivity index (χ0v) is 16.0. The Morgan fingerprint density at radius 3 is 2.83 bits per heavy atom. The molecular formula is C21H20FN5O2. The van der Waals surface area contributed by atoms with E-state index in [0.717, 1.165) is 10.8 Å². The quantitative estimate of drug-likeness (QED) is 0.661. The van der Waals surface area contributed by atoms with Crippen LogP contribution in [-0.4, -0.2) is 48.6 Å². The molecule has 29 heavy (non-hydrogen) atoms. The largest absolute Gasteiger partial charge is 0.507 e. The highest BCUT2D eigenvalue weighted by molar-refractivity contribution is 5.89. The lowest BCUT2D eigenvalue weighted by Crippen LogP contribution is -2.64. The summed E-state index contributed by atoms with van der Waals surface area (Å²) < 4.78 is 20.7. The van der Waals surface area contributed by atoms with Gasteiger partial charge in [-0.05, 0) is 37.4 Å². The monoisotopic (exact) mass is 393 g/mol. The van der Waals surface area contributed by atoms with Crippen molar-refractivity contribution in [2.75, 3.05) is 0 Å². The number of alkyl halides is 1. The number of pyridine rings is 1. The van der Waals surface area contributed by atoms with Gasteiger partial charge in [-0.15, -0.1) is 5.10 Å². The number of halogens is 1. The maximum absolute atomic E-state index is 15.0. The van der Waals surface area contributed by atoms with Crippen LogP contribution in [0.25, 0.3) is 22.0 Å². The number of piperidine rings is 1. The summed E-state index contributed by atoms with van der Waals surface area (Å²) in [5.74, 6) is 0.0564. The van der Waals surface area contributed by atoms with Gasteiger partial charge in [-0.1, -0.05) is 17.3 Å². The van der Waals surface area contributed by atoms with Crippen LogP contribution in [0.4, 0.5) is 4.39 Å². The molecule has 3 aromatic rings. The van der Waals surface area contributed by atoms with Crippen molar-refractivity contribution in [3.05, 3.63) is 48.9 Å². The zero-order valence-electron chi connectivity index (χ0n) is 16.0. The highest BCUT2D eigenvalue weighted by Gasteiger charge is 2.53. The van der Waals surface area contributed by atoms with Gasteiger partial charge in [-0.3, -0.25) is 10.3 Å². The van der Waals surface area contributed by atoms with E-state index >= 15 is 0 Å². The Labute approximate surface area is 166 Å². The van der Waals surface area contributed by atoms with E-state index in [-0.39, 0.29) is 17.3 Å². The third kappa shape index (κ3) is 3.00. The highest BCUT2D eigenvalue weighted by Crippen LogP contribution is 2.40. The van der Waals surface area contributed by atoms with Crippen LogP contribution < -0.4 is 10.1 Å². The maximum atomic E-state index is 15.0. The van der Waals surface area contributed by atoms with Crippen molar-refractivity contribution in [3.63, 3.8) is 0 Å². The number of hydrogen-bond donors (Lipinski definition) is 2. The van der Waals surface area contributed by atoms with Crippen molar-refractivity contribution >= 4 is 10.8 Å². The number of phenolic OH excluding ortho intramolecular Hbond substituents is 1. The van der Waals surface area contributed by atoms with Crippen LogP contribution in [-0.2, 0) is 0 Å². The van der Waals surface area contributed by atoms with Gasteiger partial charge >= 0.3 is 6.01 Å². The third-order valence-corrected chi connectivity index (χ3v) is 5.71. The van der Waals surface area contributed by atoms with E-state index in [0.29, 0.717) is 17.7 Å². The molecule has 0 spiro atoms. The predicted octanol–water partition coefficient (Wildman–Crippen LogP) is 2.96. The van der Waals surface area contributed by atoms with E-state index in [1.807, 2.05) is 32.1 Å². The van der Waals surface area contributed by atoms with E-state index in [1.165, 1.54) is 6.20 Å². The van der Waals surface area contributed by atoms with E-state index in [9.17, 15) is 9.50 Å². The molecule has 1 saturated heterocycles. The molecule has 1 aromatic carbocycles. The van der Waals surface area contributed by atoms with Gasteiger partial charge in [0.15, 0.2) is 6.17 Å². The first kappa shape index (κ1) is 17.9. The number of rotatable bonds is 3. The first-order chi connectivity index (χ1) is 13.9. The topological polar surface area (TPSA) is 93.0 Å². The van der Waals surface area contributed by atoms with E-state index in [1.54, 1.807) is 24.5 Å². The third-order valence-electron chi connectivity index (χ3n) is 5.71. The number of aromatic hydroxyl groups is 1. The number of aromatic nitrogens is 4. The minimum atomic E-state index is -1.24. The Kier molecular flexibility index (Phi) is 3.82. The van der Waals surface area contributed by atoms with Gasteiger partial charge in [0.25, 0.3) is 0 Å². The minimum absolute atomic E-state index is 0.0133. The molecule has 0 radical (unpaired) electrons. The Balaban J connectivity index is 1.39. The molecule has 2 aliphatic heterocycles. The Hall–Kier alpha value is -3.13. The second-order valence-electron chi connectivity index (χ2n) is 8.14. The van der Waals surface area contributed by atoms with E-state index in [4.69, 9.17) is 4.74 Å². The normalized spacial score (nSPS) is 30.6. The van der Waals surface area contributed by atoms with Crippen molar-refractivity contribution in [1.29, 1.82) is 0 Å². The molecule has 2 N–H and O–H groups in total. The van der Waals surface area contributed by atoms with Crippen molar-refractivity contribution in [1.82, 2.24) is 25.5 Å². The molecule has 0 saturated carbocycles. The molecule has 148 valence electrons. The van der Waals surface area contributed by atoms with Crippen molar-refractivity contribution < 1.29 is 14.2 Å². The summed E-state index contributed by atoms with van der Waals surface area (Å²) in [4.78, 5) is 8.24. The fourth-order valence-corrected chi connectivity index (χ4v) is 4.25. The van der Waals surface area contributed by atoms with Gasteiger partial charge in [0, 0.05) is 35.3 Å². The van der Waals surface area contributed by atoms with E-state index < -0.39 is 17.8 Å². The molecule has 7 nitrogen and oxygen atoms in total. The van der Waals surface area contributed by atoms with Crippen LogP contribution in [0, 0.1) is 0 Å². The Morgan fingerprint density at radius 2 is 2.03 bits per heavy atom. The lowest BCUT2D eigenvalue weighted by molar-refractivity contribution is -0.00375. The van der Waals surface area contributed by atoms with Crippen LogP contribution >= 0.6 is 0 Å². The van der Waals surface area contributed by atoms with E-state index in [2.05, 4.69) is 25.5 Å². The molecule has 2 aromatic heterocycles. The average Bonchev–Trinajstić information content (AvgIpc) is 2.98. The van der Waals surface area contributed by atoms with Crippen LogP contribution in [0.15, 0.2) is 48.9 Å². The fraction of sp³-hybridized carbons (Fsp3) is 0.333. The lowest BCUT2D eigenvalue weighted by atomic mass is 9.83. The SMILES string of the molecule is C[C@@]12C=C[C@@](C)(N1)[C@H](F)[C@@H](Oc1ncc(-c3cc4ccncc4cc3O)nn1)C2. The molecule has 5 rings (SSSR count). The van der Waals surface area contributed by atoms with Crippen molar-refractivity contribution in [2.45, 2.75) is 43.6 Å². The molecule has 0 amide bonds. The number of nitrogens with zero attached hydrogens (tertiary/aromatic N) is 4. The lowest BCUT2D eigenvalue weighted by Gasteiger charge is -2.43. The number of nitrogens with one attached hydrogen (secondary N) is 1. The summed E-state index contributed by atoms with van der Waals surface area (Å²) in [5, 5.41) is 23.5. The summed E-state index contributed by atoms with van der Waals surface area (Å²) in [6.07, 6.45) is 7.21. The summed E-state index contributed by atoms with van der Waals surface area (Å²) in [7, 11) is 0. The Morgan fingerprint density at radius 1 is 1.17 bits per heavy atom. The summed E-state index contributed by atoms with van der Waals surface area (Å²) in [6, 6.07) is 5.28. The first-order valence-corrected chi connectivity index (χ1v) is 9.43. The molecule has 1 fully saturated rings. The van der Waals surface area contributed by atoms with Crippen LogP contribution in [0.5, 0.6) is 11.8 Å². The predicted molar refractivity (Wildman–Crippen MR) is 105 cm³/mol. The zero-order chi connectivity index (χ0) is 20.2. The van der Waals surface area contributed by atoms with Gasteiger partial charge in [0.1, 0.15) is 17.5 Å². The van der Waals surface area contributed by atoms with Gasteiger partial charge in [-0.25, -0.2) is 9.37 Å². The molecule has 8 heteroatoms. The number of ether oxygens (including phenoxy) is 1. The standard InChI is InChI=1S/C21H20FN5O2/c1-20-4-5-21(2,27-20)18(22)17(9-20)29-19-24-11-15(25-26-19)14-7-12-3-6-23-10-13(12)8-16(14)28/h3-8,10-11,17-18,27-28H,9H2,1-2H3/t17-,18+,20-,21+/m0/s1. The Bertz CT molecular complexity index is 1120. The minimum Gasteiger partial charge on any atom is -0.507 e. The van der Waals surface area contributed by atoms with Crippen molar-refractivity contribution in [2.24, 2.45) is 0 Å². The van der Waals surface area contributed by atoms with Gasteiger partial charge in [0.05, 0.1) is 11.7 Å². The van der Waals surface area contributed by atoms with Crippen LogP contribution in [0.2, 0.25) is 0 Å². The number of phenols is 1. The van der Waals surface area contributed by atoms with Crippen molar-refractivity contribution in [3.8, 4) is 23.0 Å². The molecule has 2 aliphatic rings. The number of benzene rings is 1. The molecule has 4 heterocycles. The van der Waals surface area contributed by atoms with Crippen LogP contribution in [0.3, 0.4) is 0 Å².